The second kappa shape index (κ2) is 20.5. The number of aromatic nitrogens is 2. The third kappa shape index (κ3) is 11.4. The number of nitrogens with zero attached hydrogens (tertiary/aromatic N) is 4. The second-order valence-electron chi connectivity index (χ2n) is 17.3. The van der Waals surface area contributed by atoms with E-state index in [0.29, 0.717) is 6.61 Å². The summed E-state index contributed by atoms with van der Waals surface area (Å²) in [6.45, 7) is 16.4. The Labute approximate surface area is 377 Å². The van der Waals surface area contributed by atoms with Crippen LogP contribution in [0.5, 0.6) is 0 Å². The van der Waals surface area contributed by atoms with Gasteiger partial charge in [-0.05, 0) is 112 Å². The number of aliphatic hydroxyl groups excluding tert-OH is 1. The lowest BCUT2D eigenvalue weighted by Gasteiger charge is -2.35. The van der Waals surface area contributed by atoms with Crippen molar-refractivity contribution in [3.8, 4) is 21.6 Å². The molecule has 6 rings (SSSR count). The highest BCUT2D eigenvalue weighted by Crippen LogP contribution is 2.36. The fourth-order valence-corrected chi connectivity index (χ4v) is 9.07. The number of hydrogen-bond donors (Lipinski definition) is 3. The van der Waals surface area contributed by atoms with Crippen LogP contribution < -0.4 is 15.5 Å². The number of unbranched alkanes of at least 4 members (excludes halogenated alkanes) is 2. The van der Waals surface area contributed by atoms with E-state index in [1.165, 1.54) is 4.90 Å². The average Bonchev–Trinajstić information content (AvgIpc) is 3.95. The van der Waals surface area contributed by atoms with Gasteiger partial charge in [-0.15, -0.1) is 11.3 Å². The Bertz CT molecular complexity index is 2300. The molecular formula is C48H59BrN6O6S. The first-order valence-corrected chi connectivity index (χ1v) is 22.9. The molecule has 0 unspecified atom stereocenters. The summed E-state index contributed by atoms with van der Waals surface area (Å²) < 4.78 is 12.3. The molecule has 3 amide bonds. The number of amides is 3. The Kier molecular flexibility index (Phi) is 15.4. The first kappa shape index (κ1) is 46.6. The van der Waals surface area contributed by atoms with E-state index in [9.17, 15) is 19.5 Å². The number of carbonyl (C=O) groups excluding carboxylic acids is 3. The molecule has 0 bridgehead atoms. The van der Waals surface area contributed by atoms with E-state index in [1.54, 1.807) is 11.3 Å². The molecule has 1 aliphatic rings. The standard InChI is InChI=1S/C48H59BrN6O6S/c1-29-12-13-36(43-31(3)53-61-33(43)5)24-40(29)54(38-20-18-37(49)19-21-38)22-10-9-11-23-60-27-42(57)52-45(48(6,7)8)47(59)55-26-39(56)25-41(55)46(58)51-30(2)34-14-16-35(17-15-34)44-32(4)50-28-62-44/h12-21,24,28,30,39,41,45,56H,9-11,22-23,25-27H2,1-8H3,(H,51,58)(H,52,57)/t30-,39+,41-,45+/m0/s1. The lowest BCUT2D eigenvalue weighted by Crippen LogP contribution is -2.58. The van der Waals surface area contributed by atoms with Crippen molar-refractivity contribution in [3.63, 3.8) is 0 Å². The van der Waals surface area contributed by atoms with Crippen LogP contribution in [0.4, 0.5) is 11.4 Å². The molecule has 1 aliphatic heterocycles. The summed E-state index contributed by atoms with van der Waals surface area (Å²) in [5.41, 5.74) is 10.3. The molecule has 330 valence electrons. The van der Waals surface area contributed by atoms with Crippen molar-refractivity contribution in [1.29, 1.82) is 0 Å². The number of anilines is 2. The van der Waals surface area contributed by atoms with Gasteiger partial charge in [-0.3, -0.25) is 14.4 Å². The van der Waals surface area contributed by atoms with Gasteiger partial charge in [0.2, 0.25) is 17.7 Å². The molecular weight excluding hydrogens is 869 g/mol. The number of likely N-dealkylation sites (tertiary alicyclic amines) is 1. The summed E-state index contributed by atoms with van der Waals surface area (Å²) in [6, 6.07) is 20.6. The number of β-amino-alcohol motifs (C(OH)–C–C–N with tert-alkyl or cyclic N) is 1. The van der Waals surface area contributed by atoms with Crippen LogP contribution in [0.3, 0.4) is 0 Å². The van der Waals surface area contributed by atoms with E-state index in [0.717, 1.165) is 91.5 Å². The maximum absolute atomic E-state index is 14.1. The summed E-state index contributed by atoms with van der Waals surface area (Å²) in [4.78, 5) is 50.3. The van der Waals surface area contributed by atoms with Crippen LogP contribution in [-0.2, 0) is 19.1 Å². The summed E-state index contributed by atoms with van der Waals surface area (Å²) in [5, 5.41) is 20.8. The molecule has 0 spiro atoms. The normalized spacial score (nSPS) is 16.3. The third-order valence-corrected chi connectivity index (χ3v) is 12.9. The van der Waals surface area contributed by atoms with Gasteiger partial charge >= 0.3 is 0 Å². The highest BCUT2D eigenvalue weighted by atomic mass is 79.9. The van der Waals surface area contributed by atoms with Crippen LogP contribution in [0.25, 0.3) is 21.6 Å². The smallest absolute Gasteiger partial charge is 0.246 e. The molecule has 3 heterocycles. The number of hydrogen-bond acceptors (Lipinski definition) is 10. The lowest BCUT2D eigenvalue weighted by atomic mass is 9.85. The van der Waals surface area contributed by atoms with Crippen LogP contribution in [0.15, 0.2) is 81.2 Å². The number of halogens is 1. The zero-order valence-corrected chi connectivity index (χ0v) is 39.4. The number of rotatable bonds is 17. The first-order valence-electron chi connectivity index (χ1n) is 21.2. The average molecular weight is 928 g/mol. The van der Waals surface area contributed by atoms with Crippen molar-refractivity contribution >= 4 is 56.4 Å². The minimum absolute atomic E-state index is 0.00138. The molecule has 14 heteroatoms. The second-order valence-corrected chi connectivity index (χ2v) is 19.1. The molecule has 62 heavy (non-hydrogen) atoms. The molecule has 3 N–H and O–H groups in total. The summed E-state index contributed by atoms with van der Waals surface area (Å²) in [7, 11) is 0. The molecule has 2 aromatic heterocycles. The van der Waals surface area contributed by atoms with Crippen LogP contribution in [0, 0.1) is 33.1 Å². The number of ether oxygens (including phenoxy) is 1. The van der Waals surface area contributed by atoms with Crippen molar-refractivity contribution in [2.45, 2.75) is 105 Å². The van der Waals surface area contributed by atoms with Crippen molar-refractivity contribution < 1.29 is 28.8 Å². The number of nitrogens with one attached hydrogen (secondary N) is 2. The van der Waals surface area contributed by atoms with Crippen molar-refractivity contribution in [2.24, 2.45) is 5.41 Å². The number of benzene rings is 3. The molecule has 0 aliphatic carbocycles. The quantitative estimate of drug-likeness (QED) is 0.0777. The summed E-state index contributed by atoms with van der Waals surface area (Å²) in [6.07, 6.45) is 1.75. The molecule has 1 fully saturated rings. The SMILES string of the molecule is Cc1ccc(-c2c(C)noc2C)cc1N(CCCCCOCC(=O)N[C@H](C(=O)N1C[C@H](O)C[C@H]1C(=O)N[C@@H](C)c1ccc(-c2scnc2C)cc1)C(C)(C)C)c1ccc(Br)cc1. The van der Waals surface area contributed by atoms with Gasteiger partial charge in [-0.1, -0.05) is 78.3 Å². The van der Waals surface area contributed by atoms with E-state index in [-0.39, 0.29) is 31.5 Å². The number of aryl methyl sites for hydroxylation is 4. The number of aliphatic hydroxyl groups is 1. The minimum Gasteiger partial charge on any atom is -0.391 e. The van der Waals surface area contributed by atoms with Crippen molar-refractivity contribution in [2.75, 3.05) is 31.2 Å². The van der Waals surface area contributed by atoms with Gasteiger partial charge in [0.25, 0.3) is 0 Å². The van der Waals surface area contributed by atoms with E-state index in [2.05, 4.69) is 78.9 Å². The molecule has 3 aromatic carbocycles. The van der Waals surface area contributed by atoms with E-state index in [4.69, 9.17) is 9.26 Å². The van der Waals surface area contributed by atoms with Gasteiger partial charge in [-0.25, -0.2) is 4.98 Å². The van der Waals surface area contributed by atoms with Gasteiger partial charge < -0.3 is 34.8 Å². The highest BCUT2D eigenvalue weighted by Gasteiger charge is 2.44. The molecule has 12 nitrogen and oxygen atoms in total. The van der Waals surface area contributed by atoms with E-state index >= 15 is 0 Å². The van der Waals surface area contributed by atoms with Crippen LogP contribution in [-0.4, -0.2) is 82.4 Å². The zero-order chi connectivity index (χ0) is 44.7. The maximum atomic E-state index is 14.1. The zero-order valence-electron chi connectivity index (χ0n) is 37.0. The molecule has 4 atom stereocenters. The van der Waals surface area contributed by atoms with Gasteiger partial charge in [-0.2, -0.15) is 0 Å². The topological polar surface area (TPSA) is 150 Å². The predicted octanol–water partition coefficient (Wildman–Crippen LogP) is 9.16. The first-order chi connectivity index (χ1) is 29.5. The number of thiazole rings is 1. The maximum Gasteiger partial charge on any atom is 0.246 e. The van der Waals surface area contributed by atoms with E-state index in [1.807, 2.05) is 90.4 Å². The fourth-order valence-electron chi connectivity index (χ4n) is 7.99. The summed E-state index contributed by atoms with van der Waals surface area (Å²) >= 11 is 5.15. The Morgan fingerprint density at radius 2 is 1.68 bits per heavy atom. The minimum atomic E-state index is -0.941. The lowest BCUT2D eigenvalue weighted by molar-refractivity contribution is -0.144. The Hall–Kier alpha value is -4.89. The summed E-state index contributed by atoms with van der Waals surface area (Å²) in [5.74, 6) is -0.400. The molecule has 0 saturated carbocycles. The van der Waals surface area contributed by atoms with Gasteiger partial charge in [0.15, 0.2) is 0 Å². The van der Waals surface area contributed by atoms with Gasteiger partial charge in [0.1, 0.15) is 24.5 Å². The Morgan fingerprint density at radius 1 is 0.968 bits per heavy atom. The highest BCUT2D eigenvalue weighted by molar-refractivity contribution is 9.10. The van der Waals surface area contributed by atoms with Crippen LogP contribution in [0.2, 0.25) is 0 Å². The van der Waals surface area contributed by atoms with Gasteiger partial charge in [0, 0.05) is 47.5 Å². The molecule has 1 saturated heterocycles. The monoisotopic (exact) mass is 926 g/mol. The third-order valence-electron chi connectivity index (χ3n) is 11.4. The van der Waals surface area contributed by atoms with Crippen LogP contribution >= 0.6 is 27.3 Å². The van der Waals surface area contributed by atoms with E-state index < -0.39 is 35.4 Å². The Balaban J connectivity index is 1.00. The van der Waals surface area contributed by atoms with Crippen LogP contribution in [0.1, 0.15) is 87.7 Å². The van der Waals surface area contributed by atoms with Gasteiger partial charge in [0.05, 0.1) is 33.9 Å². The fraction of sp³-hybridized carbons (Fsp3) is 0.438. The Morgan fingerprint density at radius 3 is 2.32 bits per heavy atom. The number of carbonyl (C=O) groups is 3. The molecule has 5 aromatic rings. The predicted molar refractivity (Wildman–Crippen MR) is 248 cm³/mol. The largest absolute Gasteiger partial charge is 0.391 e. The molecule has 0 radical (unpaired) electrons. The van der Waals surface area contributed by atoms with Crippen molar-refractivity contribution in [3.05, 3.63) is 105 Å². The van der Waals surface area contributed by atoms with Crippen molar-refractivity contribution in [1.82, 2.24) is 25.7 Å².